The van der Waals surface area contributed by atoms with E-state index in [-0.39, 0.29) is 29.8 Å². The van der Waals surface area contributed by atoms with E-state index in [1.807, 2.05) is 0 Å². The average Bonchev–Trinajstić information content (AvgIpc) is 3.18. The molecule has 0 saturated heterocycles. The Labute approximate surface area is 117 Å². The van der Waals surface area contributed by atoms with Gasteiger partial charge < -0.3 is 5.32 Å². The summed E-state index contributed by atoms with van der Waals surface area (Å²) in [6, 6.07) is 3.51. The van der Waals surface area contributed by atoms with Crippen molar-refractivity contribution in [2.45, 2.75) is 24.7 Å². The molecule has 2 N–H and O–H groups in total. The van der Waals surface area contributed by atoms with Crippen molar-refractivity contribution in [3.63, 3.8) is 0 Å². The molecule has 2 rings (SSSR count). The van der Waals surface area contributed by atoms with Crippen molar-refractivity contribution in [3.8, 4) is 0 Å². The van der Waals surface area contributed by atoms with Crippen molar-refractivity contribution < 1.29 is 17.6 Å². The topological polar surface area (TPSA) is 75.3 Å². The second-order valence-corrected chi connectivity index (χ2v) is 6.61. The zero-order valence-electron chi connectivity index (χ0n) is 11.1. The monoisotopic (exact) mass is 300 g/mol. The number of rotatable bonds is 6. The van der Waals surface area contributed by atoms with Crippen LogP contribution in [-0.4, -0.2) is 27.4 Å². The normalized spacial score (nSPS) is 15.1. The molecule has 1 aliphatic carbocycles. The molecule has 1 saturated carbocycles. The van der Waals surface area contributed by atoms with Crippen LogP contribution in [0, 0.1) is 18.7 Å². The second kappa shape index (κ2) is 5.88. The summed E-state index contributed by atoms with van der Waals surface area (Å²) in [6.45, 7) is 1.89. The van der Waals surface area contributed by atoms with Crippen molar-refractivity contribution in [3.05, 3.63) is 29.6 Å². The first-order valence-electron chi connectivity index (χ1n) is 6.44. The molecule has 0 atom stereocenters. The number of benzene rings is 1. The van der Waals surface area contributed by atoms with Gasteiger partial charge in [-0.3, -0.25) is 4.79 Å². The minimum atomic E-state index is -3.68. The molecule has 110 valence electrons. The van der Waals surface area contributed by atoms with Crippen LogP contribution in [0.4, 0.5) is 4.39 Å². The number of carbonyl (C=O) groups excluding carboxylic acids is 1. The van der Waals surface area contributed by atoms with E-state index in [2.05, 4.69) is 10.0 Å². The summed E-state index contributed by atoms with van der Waals surface area (Å²) in [4.78, 5) is 11.4. The van der Waals surface area contributed by atoms with Crippen molar-refractivity contribution in [2.24, 2.45) is 5.92 Å². The van der Waals surface area contributed by atoms with E-state index in [0.717, 1.165) is 18.9 Å². The molecule has 1 fully saturated rings. The van der Waals surface area contributed by atoms with E-state index in [1.165, 1.54) is 19.1 Å². The maximum atomic E-state index is 12.9. The molecule has 1 aromatic carbocycles. The van der Waals surface area contributed by atoms with Gasteiger partial charge in [-0.1, -0.05) is 0 Å². The smallest absolute Gasteiger partial charge is 0.240 e. The number of nitrogens with one attached hydrogen (secondary N) is 2. The van der Waals surface area contributed by atoms with E-state index in [9.17, 15) is 17.6 Å². The third-order valence-electron chi connectivity index (χ3n) is 3.09. The fourth-order valence-corrected chi connectivity index (χ4v) is 3.11. The highest BCUT2D eigenvalue weighted by Crippen LogP contribution is 2.28. The summed E-state index contributed by atoms with van der Waals surface area (Å²) in [6.07, 6.45) is 1.82. The van der Waals surface area contributed by atoms with Crippen LogP contribution in [0.3, 0.4) is 0 Å². The van der Waals surface area contributed by atoms with Gasteiger partial charge in [0.05, 0.1) is 4.90 Å². The fourth-order valence-electron chi connectivity index (χ4n) is 1.85. The molecular formula is C13H17FN2O3S. The molecule has 7 heteroatoms. The molecule has 0 heterocycles. The van der Waals surface area contributed by atoms with Gasteiger partial charge in [-0.05, 0) is 43.5 Å². The number of amides is 1. The Hall–Kier alpha value is -1.47. The highest BCUT2D eigenvalue weighted by Gasteiger charge is 2.29. The number of hydrogen-bond acceptors (Lipinski definition) is 3. The molecule has 0 bridgehead atoms. The Morgan fingerprint density at radius 2 is 2.05 bits per heavy atom. The Bertz CT molecular complexity index is 612. The van der Waals surface area contributed by atoms with Crippen LogP contribution in [0.15, 0.2) is 23.1 Å². The van der Waals surface area contributed by atoms with Crippen LogP contribution >= 0.6 is 0 Å². The van der Waals surface area contributed by atoms with Gasteiger partial charge in [-0.25, -0.2) is 17.5 Å². The van der Waals surface area contributed by atoms with Crippen LogP contribution < -0.4 is 10.0 Å². The molecule has 1 aliphatic rings. The van der Waals surface area contributed by atoms with Crippen molar-refractivity contribution in [2.75, 3.05) is 13.1 Å². The quantitative estimate of drug-likeness (QED) is 0.768. The molecule has 0 spiro atoms. The van der Waals surface area contributed by atoms with Crippen LogP contribution in [0.2, 0.25) is 0 Å². The number of halogens is 1. The highest BCUT2D eigenvalue weighted by atomic mass is 32.2. The SMILES string of the molecule is Cc1cc(F)ccc1S(=O)(=O)NCCNC(=O)C1CC1. The second-order valence-electron chi connectivity index (χ2n) is 4.87. The molecule has 1 aromatic rings. The first-order chi connectivity index (χ1) is 9.40. The summed E-state index contributed by atoms with van der Waals surface area (Å²) in [5.41, 5.74) is 0.347. The first-order valence-corrected chi connectivity index (χ1v) is 7.92. The van der Waals surface area contributed by atoms with Crippen LogP contribution in [0.5, 0.6) is 0 Å². The maximum absolute atomic E-state index is 12.9. The van der Waals surface area contributed by atoms with Gasteiger partial charge >= 0.3 is 0 Å². The predicted octanol–water partition coefficient (Wildman–Crippen LogP) is 0.939. The minimum Gasteiger partial charge on any atom is -0.355 e. The summed E-state index contributed by atoms with van der Waals surface area (Å²) >= 11 is 0. The number of sulfonamides is 1. The van der Waals surface area contributed by atoms with Gasteiger partial charge in [0.15, 0.2) is 0 Å². The zero-order chi connectivity index (χ0) is 14.8. The van der Waals surface area contributed by atoms with E-state index in [0.29, 0.717) is 5.56 Å². The minimum absolute atomic E-state index is 0.0258. The van der Waals surface area contributed by atoms with E-state index >= 15 is 0 Å². The van der Waals surface area contributed by atoms with Gasteiger partial charge in [-0.2, -0.15) is 0 Å². The average molecular weight is 300 g/mol. The van der Waals surface area contributed by atoms with Crippen molar-refractivity contribution >= 4 is 15.9 Å². The lowest BCUT2D eigenvalue weighted by molar-refractivity contribution is -0.122. The number of hydrogen-bond donors (Lipinski definition) is 2. The van der Waals surface area contributed by atoms with E-state index in [1.54, 1.807) is 0 Å². The van der Waals surface area contributed by atoms with Gasteiger partial charge in [-0.15, -0.1) is 0 Å². The summed E-state index contributed by atoms with van der Waals surface area (Å²) in [5.74, 6) is -0.397. The lowest BCUT2D eigenvalue weighted by Crippen LogP contribution is -2.35. The summed E-state index contributed by atoms with van der Waals surface area (Å²) in [5, 5.41) is 2.67. The van der Waals surface area contributed by atoms with E-state index in [4.69, 9.17) is 0 Å². The van der Waals surface area contributed by atoms with Gasteiger partial charge in [0.1, 0.15) is 5.82 Å². The fraction of sp³-hybridized carbons (Fsp3) is 0.462. The van der Waals surface area contributed by atoms with Crippen LogP contribution in [0.25, 0.3) is 0 Å². The molecule has 0 aromatic heterocycles. The molecular weight excluding hydrogens is 283 g/mol. The Morgan fingerprint density at radius 3 is 2.65 bits per heavy atom. The lowest BCUT2D eigenvalue weighted by atomic mass is 10.2. The third-order valence-corrected chi connectivity index (χ3v) is 4.71. The molecule has 1 amide bonds. The lowest BCUT2D eigenvalue weighted by Gasteiger charge is -2.10. The van der Waals surface area contributed by atoms with Crippen molar-refractivity contribution in [1.29, 1.82) is 0 Å². The number of carbonyl (C=O) groups is 1. The van der Waals surface area contributed by atoms with Crippen molar-refractivity contribution in [1.82, 2.24) is 10.0 Å². The molecule has 0 aliphatic heterocycles. The molecule has 5 nitrogen and oxygen atoms in total. The predicted molar refractivity (Wildman–Crippen MR) is 72.1 cm³/mol. The number of aryl methyl sites for hydroxylation is 1. The largest absolute Gasteiger partial charge is 0.355 e. The Kier molecular flexibility index (Phi) is 4.39. The summed E-state index contributed by atoms with van der Waals surface area (Å²) < 4.78 is 39.4. The summed E-state index contributed by atoms with van der Waals surface area (Å²) in [7, 11) is -3.68. The standard InChI is InChI=1S/C13H17FN2O3S/c1-9-8-11(14)4-5-12(9)20(18,19)16-7-6-15-13(17)10-2-3-10/h4-5,8,10,16H,2-3,6-7H2,1H3,(H,15,17). The van der Waals surface area contributed by atoms with Crippen LogP contribution in [-0.2, 0) is 14.8 Å². The molecule has 0 unspecified atom stereocenters. The van der Waals surface area contributed by atoms with Gasteiger partial charge in [0.2, 0.25) is 15.9 Å². The highest BCUT2D eigenvalue weighted by molar-refractivity contribution is 7.89. The van der Waals surface area contributed by atoms with Gasteiger partial charge in [0, 0.05) is 19.0 Å². The van der Waals surface area contributed by atoms with E-state index < -0.39 is 15.8 Å². The van der Waals surface area contributed by atoms with Crippen LogP contribution in [0.1, 0.15) is 18.4 Å². The molecule has 0 radical (unpaired) electrons. The van der Waals surface area contributed by atoms with Gasteiger partial charge in [0.25, 0.3) is 0 Å². The Morgan fingerprint density at radius 1 is 1.35 bits per heavy atom. The third kappa shape index (κ3) is 3.77. The molecule has 20 heavy (non-hydrogen) atoms. The Balaban J connectivity index is 1.88. The first kappa shape index (κ1) is 14.9. The maximum Gasteiger partial charge on any atom is 0.240 e. The zero-order valence-corrected chi connectivity index (χ0v) is 12.0.